The summed E-state index contributed by atoms with van der Waals surface area (Å²) < 4.78 is 5.58. The van der Waals surface area contributed by atoms with E-state index >= 15 is 0 Å². The van der Waals surface area contributed by atoms with Gasteiger partial charge in [-0.25, -0.2) is 0 Å². The molecule has 29 heavy (non-hydrogen) atoms. The zero-order chi connectivity index (χ0) is 20.0. The third kappa shape index (κ3) is 5.88. The zero-order valence-electron chi connectivity index (χ0n) is 17.9. The lowest BCUT2D eigenvalue weighted by Crippen LogP contribution is -2.54. The monoisotopic (exact) mass is 517 g/mol. The van der Waals surface area contributed by atoms with E-state index in [2.05, 4.69) is 41.0 Å². The number of benzene rings is 1. The molecule has 0 radical (unpaired) electrons. The maximum atomic E-state index is 10.1. The van der Waals surface area contributed by atoms with Crippen LogP contribution in [0.4, 0.5) is 5.69 Å². The smallest absolute Gasteiger partial charge is 0.194 e. The van der Waals surface area contributed by atoms with Gasteiger partial charge in [0.1, 0.15) is 5.75 Å². The first-order valence-electron chi connectivity index (χ1n) is 10.4. The summed E-state index contributed by atoms with van der Waals surface area (Å²) >= 11 is 0. The van der Waals surface area contributed by atoms with Crippen LogP contribution in [0.15, 0.2) is 29.3 Å². The van der Waals surface area contributed by atoms with Crippen LogP contribution in [-0.4, -0.2) is 93.0 Å². The van der Waals surface area contributed by atoms with Crippen molar-refractivity contribution in [2.75, 3.05) is 71.5 Å². The fourth-order valence-corrected chi connectivity index (χ4v) is 4.04. The summed E-state index contributed by atoms with van der Waals surface area (Å²) in [6.07, 6.45) is 2.04. The van der Waals surface area contributed by atoms with E-state index in [4.69, 9.17) is 9.73 Å². The molecule has 2 aliphatic rings. The van der Waals surface area contributed by atoms with Gasteiger partial charge in [-0.3, -0.25) is 4.99 Å². The first kappa shape index (κ1) is 24.0. The summed E-state index contributed by atoms with van der Waals surface area (Å²) in [5, 5.41) is 13.6. The van der Waals surface area contributed by atoms with E-state index in [1.54, 1.807) is 6.07 Å². The molecule has 164 valence electrons. The molecule has 1 aromatic carbocycles. The van der Waals surface area contributed by atoms with Gasteiger partial charge >= 0.3 is 0 Å². The molecule has 0 aromatic heterocycles. The number of rotatable bonds is 5. The Morgan fingerprint density at radius 1 is 1.17 bits per heavy atom. The van der Waals surface area contributed by atoms with Gasteiger partial charge < -0.3 is 29.9 Å². The molecule has 0 saturated carbocycles. The number of aliphatic imine (C=N–C) groups is 1. The minimum Gasteiger partial charge on any atom is -0.506 e. The van der Waals surface area contributed by atoms with Crippen molar-refractivity contribution >= 4 is 35.6 Å². The van der Waals surface area contributed by atoms with E-state index in [1.807, 2.05) is 18.2 Å². The SMILES string of the molecule is CCNC(=NCC1(N(C)C)CCOCC1)N1CCN(c2ccccc2O)CC1.I. The van der Waals surface area contributed by atoms with Gasteiger partial charge in [0.2, 0.25) is 0 Å². The maximum absolute atomic E-state index is 10.1. The van der Waals surface area contributed by atoms with E-state index < -0.39 is 0 Å². The van der Waals surface area contributed by atoms with E-state index in [0.29, 0.717) is 5.75 Å². The van der Waals surface area contributed by atoms with Crippen LogP contribution >= 0.6 is 24.0 Å². The maximum Gasteiger partial charge on any atom is 0.194 e. The van der Waals surface area contributed by atoms with Gasteiger partial charge in [0.05, 0.1) is 12.2 Å². The van der Waals surface area contributed by atoms with E-state index in [1.165, 1.54) is 0 Å². The van der Waals surface area contributed by atoms with Gasteiger partial charge in [-0.15, -0.1) is 24.0 Å². The fraction of sp³-hybridized carbons (Fsp3) is 0.667. The Morgan fingerprint density at radius 2 is 1.83 bits per heavy atom. The Labute approximate surface area is 192 Å². The second-order valence-electron chi connectivity index (χ2n) is 7.86. The normalized spacial score (nSPS) is 19.8. The Bertz CT molecular complexity index is 656. The fourth-order valence-electron chi connectivity index (χ4n) is 4.04. The number of likely N-dealkylation sites (N-methyl/N-ethyl adjacent to an activating group) is 1. The van der Waals surface area contributed by atoms with E-state index in [0.717, 1.165) is 77.0 Å². The average molecular weight is 517 g/mol. The molecule has 7 nitrogen and oxygen atoms in total. The summed E-state index contributed by atoms with van der Waals surface area (Å²) in [4.78, 5) is 11.9. The molecular weight excluding hydrogens is 481 g/mol. The first-order valence-corrected chi connectivity index (χ1v) is 10.4. The lowest BCUT2D eigenvalue weighted by Gasteiger charge is -2.42. The lowest BCUT2D eigenvalue weighted by molar-refractivity contribution is -0.00264. The molecule has 0 atom stereocenters. The molecule has 2 heterocycles. The Morgan fingerprint density at radius 3 is 2.41 bits per heavy atom. The van der Waals surface area contributed by atoms with Crippen molar-refractivity contribution in [2.24, 2.45) is 4.99 Å². The number of para-hydroxylation sites is 2. The second-order valence-corrected chi connectivity index (χ2v) is 7.86. The third-order valence-corrected chi connectivity index (χ3v) is 6.03. The van der Waals surface area contributed by atoms with Crippen molar-refractivity contribution in [1.29, 1.82) is 0 Å². The average Bonchev–Trinajstić information content (AvgIpc) is 2.72. The van der Waals surface area contributed by atoms with Crippen molar-refractivity contribution in [2.45, 2.75) is 25.3 Å². The number of phenolic OH excluding ortho intramolecular Hbond substituents is 1. The quantitative estimate of drug-likeness (QED) is 0.355. The van der Waals surface area contributed by atoms with Gasteiger partial charge in [0.15, 0.2) is 5.96 Å². The van der Waals surface area contributed by atoms with E-state index in [9.17, 15) is 5.11 Å². The number of halogens is 1. The summed E-state index contributed by atoms with van der Waals surface area (Å²) in [5.74, 6) is 1.34. The van der Waals surface area contributed by atoms with E-state index in [-0.39, 0.29) is 29.5 Å². The molecule has 2 aliphatic heterocycles. The zero-order valence-corrected chi connectivity index (χ0v) is 20.3. The molecule has 0 aliphatic carbocycles. The number of aromatic hydroxyl groups is 1. The summed E-state index contributed by atoms with van der Waals surface area (Å²) in [5.41, 5.74) is 0.995. The van der Waals surface area contributed by atoms with Crippen LogP contribution in [0.25, 0.3) is 0 Å². The van der Waals surface area contributed by atoms with Crippen LogP contribution in [0.1, 0.15) is 19.8 Å². The molecule has 3 rings (SSSR count). The highest BCUT2D eigenvalue weighted by atomic mass is 127. The Kier molecular flexibility index (Phi) is 9.29. The number of guanidine groups is 1. The molecule has 0 spiro atoms. The highest BCUT2D eigenvalue weighted by molar-refractivity contribution is 14.0. The van der Waals surface area contributed by atoms with Gasteiger partial charge in [0.25, 0.3) is 0 Å². The van der Waals surface area contributed by atoms with Crippen LogP contribution < -0.4 is 10.2 Å². The number of piperazine rings is 1. The number of nitrogens with one attached hydrogen (secondary N) is 1. The van der Waals surface area contributed by atoms with Gasteiger partial charge in [-0.2, -0.15) is 0 Å². The highest BCUT2D eigenvalue weighted by Gasteiger charge is 2.35. The summed E-state index contributed by atoms with van der Waals surface area (Å²) in [6.45, 7) is 8.89. The van der Waals surface area contributed by atoms with Crippen molar-refractivity contribution < 1.29 is 9.84 Å². The second kappa shape index (κ2) is 11.2. The predicted molar refractivity (Wildman–Crippen MR) is 130 cm³/mol. The molecular formula is C21H36IN5O2. The molecule has 0 bridgehead atoms. The predicted octanol–water partition coefficient (Wildman–Crippen LogP) is 2.21. The van der Waals surface area contributed by atoms with Gasteiger partial charge in [-0.1, -0.05) is 12.1 Å². The van der Waals surface area contributed by atoms with Crippen LogP contribution in [0.2, 0.25) is 0 Å². The summed E-state index contributed by atoms with van der Waals surface area (Å²) in [7, 11) is 4.30. The van der Waals surface area contributed by atoms with Gasteiger partial charge in [0, 0.05) is 51.5 Å². The van der Waals surface area contributed by atoms with Crippen molar-refractivity contribution in [3.8, 4) is 5.75 Å². The third-order valence-electron chi connectivity index (χ3n) is 6.03. The first-order chi connectivity index (χ1) is 13.6. The van der Waals surface area contributed by atoms with Crippen molar-refractivity contribution in [3.05, 3.63) is 24.3 Å². The minimum atomic E-state index is 0. The minimum absolute atomic E-state index is 0. The number of hydrogen-bond acceptors (Lipinski definition) is 5. The molecule has 8 heteroatoms. The Hall–Kier alpha value is -1.26. The number of hydrogen-bond donors (Lipinski definition) is 2. The van der Waals surface area contributed by atoms with Crippen molar-refractivity contribution in [3.63, 3.8) is 0 Å². The molecule has 2 fully saturated rings. The van der Waals surface area contributed by atoms with Crippen LogP contribution in [0, 0.1) is 0 Å². The molecule has 0 amide bonds. The lowest BCUT2D eigenvalue weighted by atomic mass is 9.89. The number of phenols is 1. The number of anilines is 1. The topological polar surface area (TPSA) is 63.6 Å². The van der Waals surface area contributed by atoms with Crippen LogP contribution in [-0.2, 0) is 4.74 Å². The van der Waals surface area contributed by atoms with Crippen molar-refractivity contribution in [1.82, 2.24) is 15.1 Å². The standard InChI is InChI=1S/C21H35N5O2.HI/c1-4-22-20(23-17-21(24(2)3)9-15-28-16-10-21)26-13-11-25(12-14-26)18-7-5-6-8-19(18)27;/h5-8,27H,4,9-17H2,1-3H3,(H,22,23);1H. The largest absolute Gasteiger partial charge is 0.506 e. The number of nitrogens with zero attached hydrogens (tertiary/aromatic N) is 4. The number of ether oxygens (including phenoxy) is 1. The highest BCUT2D eigenvalue weighted by Crippen LogP contribution is 2.28. The molecule has 2 N–H and O–H groups in total. The van der Waals surface area contributed by atoms with Crippen LogP contribution in [0.3, 0.4) is 0 Å². The van der Waals surface area contributed by atoms with Gasteiger partial charge in [-0.05, 0) is 46.0 Å². The van der Waals surface area contributed by atoms with Crippen LogP contribution in [0.5, 0.6) is 5.75 Å². The summed E-state index contributed by atoms with van der Waals surface area (Å²) in [6, 6.07) is 7.57. The molecule has 1 aromatic rings. The molecule has 2 saturated heterocycles. The molecule has 0 unspecified atom stereocenters. The Balaban J connectivity index is 0.00000300.